The van der Waals surface area contributed by atoms with Gasteiger partial charge in [0, 0.05) is 5.92 Å². The summed E-state index contributed by atoms with van der Waals surface area (Å²) < 4.78 is 20.6. The molecule has 130 valence electrons. The van der Waals surface area contributed by atoms with Crippen molar-refractivity contribution in [3.63, 3.8) is 0 Å². The van der Waals surface area contributed by atoms with Crippen molar-refractivity contribution in [2.45, 2.75) is 44.4 Å². The largest absolute Gasteiger partial charge is 0.393 e. The number of ether oxygens (including phenoxy) is 1. The monoisotopic (exact) mass is 337 g/mol. The molecule has 1 aliphatic carbocycles. The van der Waals surface area contributed by atoms with Gasteiger partial charge in [-0.3, -0.25) is 9.36 Å². The number of nitrogens with zero attached hydrogens (tertiary/aromatic N) is 2. The van der Waals surface area contributed by atoms with Gasteiger partial charge < -0.3 is 15.2 Å². The third kappa shape index (κ3) is 3.54. The maximum absolute atomic E-state index is 14.2. The molecule has 2 unspecified atom stereocenters. The summed E-state index contributed by atoms with van der Waals surface area (Å²) in [7, 11) is 0. The maximum atomic E-state index is 14.2. The number of rotatable bonds is 4. The maximum Gasteiger partial charge on any atom is 0.352 e. The van der Waals surface area contributed by atoms with Crippen molar-refractivity contribution in [2.24, 2.45) is 5.92 Å². The fourth-order valence-electron chi connectivity index (χ4n) is 3.05. The average Bonchev–Trinajstić information content (AvgIpc) is 3.07. The Labute approximate surface area is 138 Å². The molecule has 0 spiro atoms. The zero-order chi connectivity index (χ0) is 17.1. The molecule has 2 heterocycles. The Hall–Kier alpha value is -2.06. The molecule has 2 aliphatic rings. The highest BCUT2D eigenvalue weighted by atomic mass is 19.1. The predicted molar refractivity (Wildman–Crippen MR) is 83.8 cm³/mol. The van der Waals surface area contributed by atoms with Gasteiger partial charge >= 0.3 is 5.69 Å². The predicted octanol–water partition coefficient (Wildman–Crippen LogP) is 1.35. The van der Waals surface area contributed by atoms with Gasteiger partial charge in [-0.05, 0) is 18.9 Å². The third-order valence-corrected chi connectivity index (χ3v) is 4.38. The minimum absolute atomic E-state index is 0.159. The normalized spacial score (nSPS) is 24.2. The molecule has 1 fully saturated rings. The van der Waals surface area contributed by atoms with Crippen molar-refractivity contribution in [3.8, 4) is 0 Å². The number of halogens is 1. The lowest BCUT2D eigenvalue weighted by molar-refractivity contribution is -0.120. The Morgan fingerprint density at radius 2 is 2.12 bits per heavy atom. The zero-order valence-electron chi connectivity index (χ0n) is 13.2. The van der Waals surface area contributed by atoms with Crippen LogP contribution in [0.4, 0.5) is 10.2 Å². The van der Waals surface area contributed by atoms with Gasteiger partial charge in [0.1, 0.15) is 6.10 Å². The summed E-state index contributed by atoms with van der Waals surface area (Å²) in [5, 5.41) is 11.4. The van der Waals surface area contributed by atoms with Crippen LogP contribution in [-0.2, 0) is 9.53 Å². The number of carbonyl (C=O) groups excluding carboxylic acids is 1. The van der Waals surface area contributed by atoms with Crippen LogP contribution in [0, 0.1) is 11.7 Å². The summed E-state index contributed by atoms with van der Waals surface area (Å²) in [6.45, 7) is -0.229. The molecular weight excluding hydrogens is 317 g/mol. The molecule has 24 heavy (non-hydrogen) atoms. The van der Waals surface area contributed by atoms with Gasteiger partial charge in [-0.2, -0.15) is 4.98 Å². The Bertz CT molecular complexity index is 697. The quantitative estimate of drug-likeness (QED) is 0.809. The van der Waals surface area contributed by atoms with Crippen LogP contribution in [0.3, 0.4) is 0 Å². The van der Waals surface area contributed by atoms with Crippen LogP contribution in [0.2, 0.25) is 0 Å². The molecule has 1 aliphatic heterocycles. The lowest BCUT2D eigenvalue weighted by Crippen LogP contribution is -2.31. The summed E-state index contributed by atoms with van der Waals surface area (Å²) in [4.78, 5) is 27.9. The van der Waals surface area contributed by atoms with E-state index in [2.05, 4.69) is 10.3 Å². The molecule has 1 aromatic rings. The van der Waals surface area contributed by atoms with Crippen LogP contribution in [-0.4, -0.2) is 33.3 Å². The first-order valence-corrected chi connectivity index (χ1v) is 8.12. The van der Waals surface area contributed by atoms with Gasteiger partial charge in [-0.25, -0.2) is 9.18 Å². The molecule has 3 rings (SSSR count). The van der Waals surface area contributed by atoms with Crippen LogP contribution in [0.15, 0.2) is 23.1 Å². The van der Waals surface area contributed by atoms with Gasteiger partial charge in [-0.1, -0.05) is 25.3 Å². The van der Waals surface area contributed by atoms with Crippen LogP contribution in [0.25, 0.3) is 0 Å². The molecular formula is C16H20FN3O4. The van der Waals surface area contributed by atoms with Crippen LogP contribution >= 0.6 is 0 Å². The fraction of sp³-hybridized carbons (Fsp3) is 0.562. The highest BCUT2D eigenvalue weighted by molar-refractivity contribution is 5.91. The van der Waals surface area contributed by atoms with Gasteiger partial charge in [0.05, 0.1) is 12.8 Å². The van der Waals surface area contributed by atoms with E-state index in [1.165, 1.54) is 0 Å². The van der Waals surface area contributed by atoms with E-state index in [-0.39, 0.29) is 24.2 Å². The standard InChI is InChI=1S/C16H20FN3O4/c17-12-8-20(13-7-6-11(9-21)24-13)16(23)19-14(12)18-15(22)10-4-2-1-3-5-10/h6-8,10-11,13,21H,1-5,9H2,(H,18,19,22,23). The highest BCUT2D eigenvalue weighted by Gasteiger charge is 2.25. The third-order valence-electron chi connectivity index (χ3n) is 4.38. The van der Waals surface area contributed by atoms with E-state index in [1.807, 2.05) is 0 Å². The first-order chi connectivity index (χ1) is 11.6. The Morgan fingerprint density at radius 3 is 2.79 bits per heavy atom. The molecule has 0 saturated heterocycles. The van der Waals surface area contributed by atoms with Crippen molar-refractivity contribution in [1.82, 2.24) is 9.55 Å². The topological polar surface area (TPSA) is 93.5 Å². The summed E-state index contributed by atoms with van der Waals surface area (Å²) in [6.07, 6.45) is 7.35. The van der Waals surface area contributed by atoms with Crippen LogP contribution in [0.1, 0.15) is 38.3 Å². The average molecular weight is 337 g/mol. The van der Waals surface area contributed by atoms with E-state index in [0.29, 0.717) is 0 Å². The number of carbonyl (C=O) groups is 1. The molecule has 1 saturated carbocycles. The van der Waals surface area contributed by atoms with E-state index in [9.17, 15) is 14.0 Å². The Kier molecular flexibility index (Phi) is 5.06. The second-order valence-electron chi connectivity index (χ2n) is 6.08. The molecule has 0 aromatic carbocycles. The molecule has 0 bridgehead atoms. The van der Waals surface area contributed by atoms with Crippen molar-refractivity contribution in [3.05, 3.63) is 34.7 Å². The molecule has 1 amide bonds. The van der Waals surface area contributed by atoms with E-state index in [1.54, 1.807) is 12.2 Å². The van der Waals surface area contributed by atoms with E-state index >= 15 is 0 Å². The van der Waals surface area contributed by atoms with Crippen LogP contribution < -0.4 is 11.0 Å². The van der Waals surface area contributed by atoms with Crippen LogP contribution in [0.5, 0.6) is 0 Å². The number of hydrogen-bond donors (Lipinski definition) is 2. The first kappa shape index (κ1) is 16.8. The zero-order valence-corrected chi connectivity index (χ0v) is 13.2. The summed E-state index contributed by atoms with van der Waals surface area (Å²) >= 11 is 0. The fourth-order valence-corrected chi connectivity index (χ4v) is 3.05. The minimum Gasteiger partial charge on any atom is -0.393 e. The molecule has 2 atom stereocenters. The molecule has 7 nitrogen and oxygen atoms in total. The SMILES string of the molecule is O=C(Nc1nc(=O)n(C2C=CC(CO)O2)cc1F)C1CCCCC1. The van der Waals surface area contributed by atoms with E-state index < -0.39 is 23.8 Å². The number of aromatic nitrogens is 2. The minimum atomic E-state index is -0.820. The molecule has 2 N–H and O–H groups in total. The Morgan fingerprint density at radius 1 is 1.38 bits per heavy atom. The Balaban J connectivity index is 1.74. The summed E-state index contributed by atoms with van der Waals surface area (Å²) in [5.41, 5.74) is -0.733. The van der Waals surface area contributed by atoms with Crippen molar-refractivity contribution >= 4 is 11.7 Å². The number of nitrogens with one attached hydrogen (secondary N) is 1. The molecule has 0 radical (unpaired) electrons. The number of aliphatic hydroxyl groups is 1. The number of aliphatic hydroxyl groups excluding tert-OH is 1. The highest BCUT2D eigenvalue weighted by Crippen LogP contribution is 2.25. The number of anilines is 1. The molecule has 8 heteroatoms. The van der Waals surface area contributed by atoms with Gasteiger partial charge in [-0.15, -0.1) is 0 Å². The lowest BCUT2D eigenvalue weighted by Gasteiger charge is -2.21. The smallest absolute Gasteiger partial charge is 0.352 e. The first-order valence-electron chi connectivity index (χ1n) is 8.12. The second-order valence-corrected chi connectivity index (χ2v) is 6.08. The lowest BCUT2D eigenvalue weighted by atomic mass is 9.89. The van der Waals surface area contributed by atoms with Gasteiger partial charge in [0.25, 0.3) is 0 Å². The summed E-state index contributed by atoms with van der Waals surface area (Å²) in [5.74, 6) is -1.61. The summed E-state index contributed by atoms with van der Waals surface area (Å²) in [6, 6.07) is 0. The van der Waals surface area contributed by atoms with Gasteiger partial charge in [0.15, 0.2) is 17.9 Å². The van der Waals surface area contributed by atoms with E-state index in [4.69, 9.17) is 9.84 Å². The van der Waals surface area contributed by atoms with E-state index in [0.717, 1.165) is 42.9 Å². The van der Waals surface area contributed by atoms with Gasteiger partial charge in [0.2, 0.25) is 5.91 Å². The number of hydrogen-bond acceptors (Lipinski definition) is 5. The van der Waals surface area contributed by atoms with Crippen molar-refractivity contribution in [2.75, 3.05) is 11.9 Å². The van der Waals surface area contributed by atoms with Crippen molar-refractivity contribution < 1.29 is 19.0 Å². The second kappa shape index (κ2) is 7.23. The number of amides is 1. The van der Waals surface area contributed by atoms with Crippen molar-refractivity contribution in [1.29, 1.82) is 0 Å². The molecule has 1 aromatic heterocycles.